The van der Waals surface area contributed by atoms with Crippen LogP contribution in [0.25, 0.3) is 0 Å². The molecular formula is C11H18N4O2S. The topological polar surface area (TPSA) is 84.0 Å². The molecule has 1 heterocycles. The Morgan fingerprint density at radius 3 is 2.28 bits per heavy atom. The summed E-state index contributed by atoms with van der Waals surface area (Å²) in [6.07, 6.45) is 4.77. The van der Waals surface area contributed by atoms with Gasteiger partial charge in [0, 0.05) is 12.6 Å². The zero-order chi connectivity index (χ0) is 13.4. The molecule has 1 aliphatic rings. The number of nitrogens with one attached hydrogen (secondary N) is 2. The summed E-state index contributed by atoms with van der Waals surface area (Å²) < 4.78 is 27.1. The first-order chi connectivity index (χ1) is 8.35. The first-order valence-electron chi connectivity index (χ1n) is 5.89. The van der Waals surface area contributed by atoms with Crippen molar-refractivity contribution in [3.8, 4) is 0 Å². The second-order valence-corrected chi connectivity index (χ2v) is 6.78. The third kappa shape index (κ3) is 2.78. The molecule has 2 rings (SSSR count). The molecule has 7 heteroatoms. The van der Waals surface area contributed by atoms with Gasteiger partial charge in [0.1, 0.15) is 4.90 Å². The van der Waals surface area contributed by atoms with E-state index in [1.165, 1.54) is 12.4 Å². The Bertz CT molecular complexity index is 520. The van der Waals surface area contributed by atoms with Gasteiger partial charge in [-0.15, -0.1) is 0 Å². The van der Waals surface area contributed by atoms with Gasteiger partial charge in [-0.25, -0.2) is 23.1 Å². The van der Waals surface area contributed by atoms with Crippen LogP contribution >= 0.6 is 0 Å². The normalized spacial score (nSPS) is 16.6. The van der Waals surface area contributed by atoms with E-state index in [1.54, 1.807) is 7.05 Å². The number of anilines is 1. The maximum absolute atomic E-state index is 12.2. The standard InChI is InChI=1S/C11H18N4O2S/c1-11(2,8-4-5-8)15-18(16,17)9-6-13-10(12-3)14-7-9/h6-8,15H,4-5H2,1-3H3,(H,12,13,14). The molecule has 0 aliphatic heterocycles. The first kappa shape index (κ1) is 13.2. The highest BCUT2D eigenvalue weighted by atomic mass is 32.2. The molecule has 100 valence electrons. The van der Waals surface area contributed by atoms with Crippen LogP contribution in [0.3, 0.4) is 0 Å². The number of hydrogen-bond acceptors (Lipinski definition) is 5. The van der Waals surface area contributed by atoms with Crippen LogP contribution in [0.5, 0.6) is 0 Å². The van der Waals surface area contributed by atoms with Crippen LogP contribution in [-0.2, 0) is 10.0 Å². The largest absolute Gasteiger partial charge is 0.357 e. The van der Waals surface area contributed by atoms with E-state index in [0.717, 1.165) is 12.8 Å². The van der Waals surface area contributed by atoms with Gasteiger partial charge in [0.05, 0.1) is 12.4 Å². The number of hydrogen-bond donors (Lipinski definition) is 2. The lowest BCUT2D eigenvalue weighted by molar-refractivity contribution is 0.400. The third-order valence-electron chi connectivity index (χ3n) is 3.16. The molecule has 0 saturated heterocycles. The molecule has 0 unspecified atom stereocenters. The highest BCUT2D eigenvalue weighted by Gasteiger charge is 2.40. The fourth-order valence-electron chi connectivity index (χ4n) is 1.88. The van der Waals surface area contributed by atoms with Crippen LogP contribution < -0.4 is 10.0 Å². The van der Waals surface area contributed by atoms with Gasteiger partial charge in [0.25, 0.3) is 0 Å². The van der Waals surface area contributed by atoms with E-state index >= 15 is 0 Å². The minimum absolute atomic E-state index is 0.0928. The van der Waals surface area contributed by atoms with E-state index in [0.29, 0.717) is 11.9 Å². The van der Waals surface area contributed by atoms with Crippen molar-refractivity contribution in [3.05, 3.63) is 12.4 Å². The molecule has 18 heavy (non-hydrogen) atoms. The Labute approximate surface area is 107 Å². The fraction of sp³-hybridized carbons (Fsp3) is 0.636. The van der Waals surface area contributed by atoms with Crippen molar-refractivity contribution in [2.75, 3.05) is 12.4 Å². The molecule has 2 N–H and O–H groups in total. The average molecular weight is 270 g/mol. The predicted molar refractivity (Wildman–Crippen MR) is 68.7 cm³/mol. The molecule has 0 atom stereocenters. The summed E-state index contributed by atoms with van der Waals surface area (Å²) in [6, 6.07) is 0. The summed E-state index contributed by atoms with van der Waals surface area (Å²) in [7, 11) is -1.87. The summed E-state index contributed by atoms with van der Waals surface area (Å²) in [6.45, 7) is 3.82. The fourth-order valence-corrected chi connectivity index (χ4v) is 3.24. The van der Waals surface area contributed by atoms with Crippen LogP contribution in [-0.4, -0.2) is 31.0 Å². The lowest BCUT2D eigenvalue weighted by atomic mass is 10.0. The minimum atomic E-state index is -3.55. The quantitative estimate of drug-likeness (QED) is 0.833. The SMILES string of the molecule is CNc1ncc(S(=O)(=O)NC(C)(C)C2CC2)cn1. The number of nitrogens with zero attached hydrogens (tertiary/aromatic N) is 2. The number of rotatable bonds is 5. The van der Waals surface area contributed by atoms with Gasteiger partial charge < -0.3 is 5.32 Å². The van der Waals surface area contributed by atoms with Gasteiger partial charge in [-0.05, 0) is 32.6 Å². The van der Waals surface area contributed by atoms with E-state index in [4.69, 9.17) is 0 Å². The van der Waals surface area contributed by atoms with Gasteiger partial charge in [-0.2, -0.15) is 0 Å². The Kier molecular flexibility index (Phi) is 3.29. The van der Waals surface area contributed by atoms with Gasteiger partial charge in [-0.1, -0.05) is 0 Å². The van der Waals surface area contributed by atoms with Crippen LogP contribution in [0, 0.1) is 5.92 Å². The van der Waals surface area contributed by atoms with Crippen LogP contribution in [0.2, 0.25) is 0 Å². The average Bonchev–Trinajstić information content (AvgIpc) is 3.12. The maximum atomic E-state index is 12.2. The van der Waals surface area contributed by atoms with Gasteiger partial charge in [0.2, 0.25) is 16.0 Å². The molecule has 6 nitrogen and oxygen atoms in total. The predicted octanol–water partition coefficient (Wildman–Crippen LogP) is 0.985. The minimum Gasteiger partial charge on any atom is -0.357 e. The highest BCUT2D eigenvalue weighted by Crippen LogP contribution is 2.39. The van der Waals surface area contributed by atoms with Gasteiger partial charge in [-0.3, -0.25) is 0 Å². The van der Waals surface area contributed by atoms with E-state index in [1.807, 2.05) is 13.8 Å². The first-order valence-corrected chi connectivity index (χ1v) is 7.37. The Morgan fingerprint density at radius 2 is 1.83 bits per heavy atom. The molecule has 0 spiro atoms. The van der Waals surface area contributed by atoms with Crippen molar-refractivity contribution in [2.24, 2.45) is 5.92 Å². The van der Waals surface area contributed by atoms with E-state index < -0.39 is 15.6 Å². The lowest BCUT2D eigenvalue weighted by Gasteiger charge is -2.25. The molecule has 1 fully saturated rings. The molecule has 1 aromatic heterocycles. The van der Waals surface area contributed by atoms with Crippen molar-refractivity contribution < 1.29 is 8.42 Å². The Balaban J connectivity index is 2.19. The van der Waals surface area contributed by atoms with Crippen LogP contribution in [0.4, 0.5) is 5.95 Å². The molecule has 1 saturated carbocycles. The van der Waals surface area contributed by atoms with Crippen molar-refractivity contribution in [2.45, 2.75) is 37.1 Å². The third-order valence-corrected chi connectivity index (χ3v) is 4.78. The summed E-state index contributed by atoms with van der Waals surface area (Å²) in [5.74, 6) is 0.820. The smallest absolute Gasteiger partial charge is 0.244 e. The Hall–Kier alpha value is -1.21. The van der Waals surface area contributed by atoms with Crippen molar-refractivity contribution in [3.63, 3.8) is 0 Å². The van der Waals surface area contributed by atoms with Gasteiger partial charge in [0.15, 0.2) is 0 Å². The van der Waals surface area contributed by atoms with Gasteiger partial charge >= 0.3 is 0 Å². The van der Waals surface area contributed by atoms with E-state index in [-0.39, 0.29) is 4.90 Å². The lowest BCUT2D eigenvalue weighted by Crippen LogP contribution is -2.45. The second-order valence-electron chi connectivity index (χ2n) is 5.09. The Morgan fingerprint density at radius 1 is 1.28 bits per heavy atom. The molecule has 0 bridgehead atoms. The van der Waals surface area contributed by atoms with E-state index in [9.17, 15) is 8.42 Å². The second kappa shape index (κ2) is 4.47. The number of sulfonamides is 1. The molecule has 0 radical (unpaired) electrons. The van der Waals surface area contributed by atoms with Crippen LogP contribution in [0.15, 0.2) is 17.3 Å². The number of aromatic nitrogens is 2. The molecular weight excluding hydrogens is 252 g/mol. The maximum Gasteiger partial charge on any atom is 0.244 e. The summed E-state index contributed by atoms with van der Waals surface area (Å²) >= 11 is 0. The molecule has 1 aromatic rings. The summed E-state index contributed by atoms with van der Waals surface area (Å²) in [4.78, 5) is 7.92. The van der Waals surface area contributed by atoms with Crippen molar-refractivity contribution in [1.82, 2.24) is 14.7 Å². The van der Waals surface area contributed by atoms with Crippen molar-refractivity contribution >= 4 is 16.0 Å². The monoisotopic (exact) mass is 270 g/mol. The molecule has 0 aromatic carbocycles. The highest BCUT2D eigenvalue weighted by molar-refractivity contribution is 7.89. The van der Waals surface area contributed by atoms with Crippen LogP contribution in [0.1, 0.15) is 26.7 Å². The zero-order valence-electron chi connectivity index (χ0n) is 10.8. The van der Waals surface area contributed by atoms with Crippen molar-refractivity contribution in [1.29, 1.82) is 0 Å². The molecule has 0 amide bonds. The molecule has 1 aliphatic carbocycles. The summed E-state index contributed by atoms with van der Waals surface area (Å²) in [5, 5.41) is 2.74. The zero-order valence-corrected chi connectivity index (χ0v) is 11.6. The summed E-state index contributed by atoms with van der Waals surface area (Å²) in [5.41, 5.74) is -0.416. The van der Waals surface area contributed by atoms with E-state index in [2.05, 4.69) is 20.0 Å².